The van der Waals surface area contributed by atoms with Gasteiger partial charge >= 0.3 is 0 Å². The molecule has 1 saturated heterocycles. The van der Waals surface area contributed by atoms with Crippen LogP contribution in [0.4, 0.5) is 0 Å². The highest BCUT2D eigenvalue weighted by Gasteiger charge is 2.22. The van der Waals surface area contributed by atoms with E-state index < -0.39 is 0 Å². The molecule has 0 radical (unpaired) electrons. The first-order valence-electron chi connectivity index (χ1n) is 4.30. The molecule has 3 nitrogen and oxygen atoms in total. The van der Waals surface area contributed by atoms with Gasteiger partial charge in [-0.15, -0.1) is 0 Å². The Kier molecular flexibility index (Phi) is 3.30. The molecule has 0 saturated carbocycles. The lowest BCUT2D eigenvalue weighted by atomic mass is 10.1. The fraction of sp³-hybridized carbons (Fsp3) is 1.00. The van der Waals surface area contributed by atoms with Gasteiger partial charge < -0.3 is 15.7 Å². The van der Waals surface area contributed by atoms with E-state index in [1.807, 2.05) is 0 Å². The number of aliphatic hydroxyl groups excluding tert-OH is 1. The highest BCUT2D eigenvalue weighted by atomic mass is 16.3. The number of nitrogens with two attached hydrogens (primary N) is 1. The molecule has 2 atom stereocenters. The third-order valence-corrected chi connectivity index (χ3v) is 2.48. The quantitative estimate of drug-likeness (QED) is 0.597. The Morgan fingerprint density at radius 2 is 2.45 bits per heavy atom. The molecule has 11 heavy (non-hydrogen) atoms. The predicted molar refractivity (Wildman–Crippen MR) is 45.3 cm³/mol. The molecule has 1 fully saturated rings. The molecular weight excluding hydrogens is 140 g/mol. The largest absolute Gasteiger partial charge is 0.395 e. The number of nitrogens with zero attached hydrogens (tertiary/aromatic N) is 1. The average molecular weight is 158 g/mol. The van der Waals surface area contributed by atoms with Gasteiger partial charge in [-0.1, -0.05) is 0 Å². The Morgan fingerprint density at radius 3 is 2.91 bits per heavy atom. The maximum Gasteiger partial charge on any atom is 0.0583 e. The molecule has 66 valence electrons. The van der Waals surface area contributed by atoms with Crippen molar-refractivity contribution in [2.75, 3.05) is 20.2 Å². The van der Waals surface area contributed by atoms with Crippen molar-refractivity contribution in [1.29, 1.82) is 0 Å². The third-order valence-electron chi connectivity index (χ3n) is 2.48. The van der Waals surface area contributed by atoms with Crippen LogP contribution in [0.25, 0.3) is 0 Å². The second-order valence-corrected chi connectivity index (χ2v) is 3.46. The van der Waals surface area contributed by atoms with Gasteiger partial charge in [0.25, 0.3) is 0 Å². The first-order valence-corrected chi connectivity index (χ1v) is 4.30. The van der Waals surface area contributed by atoms with Crippen LogP contribution in [0.15, 0.2) is 0 Å². The van der Waals surface area contributed by atoms with E-state index in [0.717, 1.165) is 6.42 Å². The molecule has 0 aliphatic carbocycles. The summed E-state index contributed by atoms with van der Waals surface area (Å²) < 4.78 is 0. The standard InChI is InChI=1S/C8H18N2O/c1-10-4-2-3-8(10)5-7(9)6-11/h7-8,11H,2-6,9H2,1H3. The second-order valence-electron chi connectivity index (χ2n) is 3.46. The topological polar surface area (TPSA) is 49.5 Å². The number of rotatable bonds is 3. The van der Waals surface area contributed by atoms with Crippen molar-refractivity contribution in [2.24, 2.45) is 5.73 Å². The zero-order valence-electron chi connectivity index (χ0n) is 7.16. The van der Waals surface area contributed by atoms with E-state index in [1.54, 1.807) is 0 Å². The van der Waals surface area contributed by atoms with Crippen molar-refractivity contribution in [1.82, 2.24) is 4.90 Å². The Bertz CT molecular complexity index is 119. The van der Waals surface area contributed by atoms with Gasteiger partial charge in [0.2, 0.25) is 0 Å². The zero-order valence-corrected chi connectivity index (χ0v) is 7.16. The van der Waals surface area contributed by atoms with Gasteiger partial charge in [0, 0.05) is 12.1 Å². The van der Waals surface area contributed by atoms with Crippen LogP contribution in [0.5, 0.6) is 0 Å². The minimum Gasteiger partial charge on any atom is -0.395 e. The molecule has 0 aromatic rings. The fourth-order valence-electron chi connectivity index (χ4n) is 1.70. The normalized spacial score (nSPS) is 29.2. The summed E-state index contributed by atoms with van der Waals surface area (Å²) in [4.78, 5) is 2.33. The van der Waals surface area contributed by atoms with Gasteiger partial charge in [0.1, 0.15) is 0 Å². The maximum absolute atomic E-state index is 8.74. The van der Waals surface area contributed by atoms with Crippen LogP contribution >= 0.6 is 0 Å². The van der Waals surface area contributed by atoms with Gasteiger partial charge in [-0.25, -0.2) is 0 Å². The van der Waals surface area contributed by atoms with Crippen LogP contribution in [0.3, 0.4) is 0 Å². The molecular formula is C8H18N2O. The lowest BCUT2D eigenvalue weighted by Crippen LogP contribution is -2.34. The van der Waals surface area contributed by atoms with E-state index in [4.69, 9.17) is 10.8 Å². The average Bonchev–Trinajstić information content (AvgIpc) is 2.37. The van der Waals surface area contributed by atoms with Crippen molar-refractivity contribution in [2.45, 2.75) is 31.3 Å². The number of likely N-dealkylation sites (tertiary alicyclic amines) is 1. The molecule has 0 aromatic heterocycles. The van der Waals surface area contributed by atoms with Gasteiger partial charge in [-0.2, -0.15) is 0 Å². The molecule has 1 aliphatic heterocycles. The first kappa shape index (κ1) is 8.97. The summed E-state index contributed by atoms with van der Waals surface area (Å²) in [5.74, 6) is 0. The first-order chi connectivity index (χ1) is 5.24. The van der Waals surface area contributed by atoms with Crippen molar-refractivity contribution in [3.63, 3.8) is 0 Å². The van der Waals surface area contributed by atoms with Crippen molar-refractivity contribution in [3.05, 3.63) is 0 Å². The van der Waals surface area contributed by atoms with E-state index in [0.29, 0.717) is 6.04 Å². The molecule has 0 spiro atoms. The van der Waals surface area contributed by atoms with Gasteiger partial charge in [0.05, 0.1) is 6.61 Å². The highest BCUT2D eigenvalue weighted by Crippen LogP contribution is 2.18. The molecule has 3 heteroatoms. The van der Waals surface area contributed by atoms with E-state index in [9.17, 15) is 0 Å². The number of aliphatic hydroxyl groups is 1. The lowest BCUT2D eigenvalue weighted by molar-refractivity contribution is 0.220. The molecule has 1 aliphatic rings. The molecule has 2 unspecified atom stereocenters. The molecule has 0 amide bonds. The molecule has 0 aromatic carbocycles. The predicted octanol–water partition coefficient (Wildman–Crippen LogP) is -0.210. The summed E-state index contributed by atoms with van der Waals surface area (Å²) in [6.07, 6.45) is 3.45. The zero-order chi connectivity index (χ0) is 8.27. The summed E-state index contributed by atoms with van der Waals surface area (Å²) in [7, 11) is 2.13. The molecule has 0 bridgehead atoms. The van der Waals surface area contributed by atoms with Crippen LogP contribution in [0, 0.1) is 0 Å². The molecule has 3 N–H and O–H groups in total. The third kappa shape index (κ3) is 2.43. The minimum absolute atomic E-state index is 0.0273. The van der Waals surface area contributed by atoms with Crippen LogP contribution < -0.4 is 5.73 Å². The maximum atomic E-state index is 8.74. The van der Waals surface area contributed by atoms with Crippen LogP contribution in [0.1, 0.15) is 19.3 Å². The molecule has 1 rings (SSSR count). The lowest BCUT2D eigenvalue weighted by Gasteiger charge is -2.21. The smallest absolute Gasteiger partial charge is 0.0583 e. The fourth-order valence-corrected chi connectivity index (χ4v) is 1.70. The Labute approximate surface area is 68.2 Å². The van der Waals surface area contributed by atoms with Crippen LogP contribution in [0.2, 0.25) is 0 Å². The second kappa shape index (κ2) is 4.04. The van der Waals surface area contributed by atoms with Gasteiger partial charge in [-0.05, 0) is 32.9 Å². The Balaban J connectivity index is 2.24. The Hall–Kier alpha value is -0.120. The van der Waals surface area contributed by atoms with Crippen molar-refractivity contribution < 1.29 is 5.11 Å². The van der Waals surface area contributed by atoms with Gasteiger partial charge in [0.15, 0.2) is 0 Å². The SMILES string of the molecule is CN1CCCC1CC(N)CO. The van der Waals surface area contributed by atoms with E-state index in [1.165, 1.54) is 19.4 Å². The Morgan fingerprint density at radius 1 is 1.73 bits per heavy atom. The number of hydrogen-bond donors (Lipinski definition) is 2. The monoisotopic (exact) mass is 158 g/mol. The number of hydrogen-bond acceptors (Lipinski definition) is 3. The van der Waals surface area contributed by atoms with Gasteiger partial charge in [-0.3, -0.25) is 0 Å². The highest BCUT2D eigenvalue weighted by molar-refractivity contribution is 4.79. The summed E-state index contributed by atoms with van der Waals surface area (Å²) >= 11 is 0. The summed E-state index contributed by atoms with van der Waals surface area (Å²) in [5, 5.41) is 8.74. The van der Waals surface area contributed by atoms with E-state index in [-0.39, 0.29) is 12.6 Å². The molecule has 1 heterocycles. The van der Waals surface area contributed by atoms with E-state index >= 15 is 0 Å². The summed E-state index contributed by atoms with van der Waals surface area (Å²) in [5.41, 5.74) is 5.64. The minimum atomic E-state index is -0.0273. The summed E-state index contributed by atoms with van der Waals surface area (Å²) in [6.45, 7) is 1.30. The van der Waals surface area contributed by atoms with Crippen molar-refractivity contribution >= 4 is 0 Å². The van der Waals surface area contributed by atoms with E-state index in [2.05, 4.69) is 11.9 Å². The summed E-state index contributed by atoms with van der Waals surface area (Å²) in [6, 6.07) is 0.581. The van der Waals surface area contributed by atoms with Crippen molar-refractivity contribution in [3.8, 4) is 0 Å². The van der Waals surface area contributed by atoms with Crippen LogP contribution in [-0.2, 0) is 0 Å². The van der Waals surface area contributed by atoms with Crippen LogP contribution in [-0.4, -0.2) is 42.3 Å².